The molecule has 0 aliphatic heterocycles. The Hall–Kier alpha value is -1.51. The summed E-state index contributed by atoms with van der Waals surface area (Å²) in [4.78, 5) is 12.3. The van der Waals surface area contributed by atoms with Crippen molar-refractivity contribution in [2.75, 3.05) is 0 Å². The van der Waals surface area contributed by atoms with Crippen LogP contribution >= 0.6 is 0 Å². The van der Waals surface area contributed by atoms with E-state index in [-0.39, 0.29) is 11.7 Å². The fourth-order valence-electron chi connectivity index (χ4n) is 4.59. The van der Waals surface area contributed by atoms with Crippen LogP contribution in [0.3, 0.4) is 0 Å². The van der Waals surface area contributed by atoms with E-state index < -0.39 is 0 Å². The Morgan fingerprint density at radius 3 is 2.63 bits per heavy atom. The standard InChI is InChI=1S/C16H19NO2/c1-8-3-2-4-11(15(8)18)16(19)17-14-12-9-5-6-10(7-9)13(12)14/h2-4,9-10,12-14,18H,5-7H2,1H3,(H,17,19). The number of benzene rings is 1. The second kappa shape index (κ2) is 3.75. The summed E-state index contributed by atoms with van der Waals surface area (Å²) < 4.78 is 0. The van der Waals surface area contributed by atoms with Gasteiger partial charge in [-0.2, -0.15) is 0 Å². The van der Waals surface area contributed by atoms with Gasteiger partial charge < -0.3 is 10.4 Å². The minimum Gasteiger partial charge on any atom is -0.507 e. The predicted octanol–water partition coefficient (Wildman–Crippen LogP) is 2.47. The zero-order valence-corrected chi connectivity index (χ0v) is 11.1. The van der Waals surface area contributed by atoms with E-state index in [9.17, 15) is 9.90 Å². The smallest absolute Gasteiger partial charge is 0.255 e. The molecule has 3 nitrogen and oxygen atoms in total. The lowest BCUT2D eigenvalue weighted by Crippen LogP contribution is -2.30. The quantitative estimate of drug-likeness (QED) is 0.855. The number of carbonyl (C=O) groups excluding carboxylic acids is 1. The lowest BCUT2D eigenvalue weighted by atomic mass is 10.0. The summed E-state index contributed by atoms with van der Waals surface area (Å²) in [5, 5.41) is 13.1. The van der Waals surface area contributed by atoms with Crippen LogP contribution < -0.4 is 5.32 Å². The molecule has 1 amide bonds. The van der Waals surface area contributed by atoms with Gasteiger partial charge in [-0.25, -0.2) is 0 Å². The van der Waals surface area contributed by atoms with Crippen molar-refractivity contribution >= 4 is 5.91 Å². The molecular formula is C16H19NO2. The monoisotopic (exact) mass is 257 g/mol. The minimum absolute atomic E-state index is 0.111. The third-order valence-electron chi connectivity index (χ3n) is 5.52. The first kappa shape index (κ1) is 11.3. The molecule has 3 saturated carbocycles. The molecule has 0 aromatic heterocycles. The number of amides is 1. The van der Waals surface area contributed by atoms with Crippen molar-refractivity contribution in [2.24, 2.45) is 23.7 Å². The Morgan fingerprint density at radius 2 is 1.95 bits per heavy atom. The fraction of sp³-hybridized carbons (Fsp3) is 0.562. The van der Waals surface area contributed by atoms with E-state index in [0.29, 0.717) is 11.6 Å². The number of aryl methyl sites for hydroxylation is 1. The van der Waals surface area contributed by atoms with Gasteiger partial charge in [-0.3, -0.25) is 4.79 Å². The molecule has 4 atom stereocenters. The number of hydrogen-bond donors (Lipinski definition) is 2. The van der Waals surface area contributed by atoms with Crippen LogP contribution in [0.25, 0.3) is 0 Å². The summed E-state index contributed by atoms with van der Waals surface area (Å²) in [7, 11) is 0. The highest BCUT2D eigenvalue weighted by atomic mass is 16.3. The molecule has 0 heterocycles. The average molecular weight is 257 g/mol. The van der Waals surface area contributed by atoms with Gasteiger partial charge in [-0.1, -0.05) is 12.1 Å². The molecule has 19 heavy (non-hydrogen) atoms. The van der Waals surface area contributed by atoms with Gasteiger partial charge in [0.1, 0.15) is 5.75 Å². The van der Waals surface area contributed by atoms with E-state index >= 15 is 0 Å². The molecule has 2 N–H and O–H groups in total. The molecule has 4 rings (SSSR count). The lowest BCUT2D eigenvalue weighted by Gasteiger charge is -2.12. The third-order valence-corrected chi connectivity index (χ3v) is 5.52. The molecule has 0 spiro atoms. The summed E-state index contributed by atoms with van der Waals surface area (Å²) in [6.07, 6.45) is 4.10. The Kier molecular flexibility index (Phi) is 2.23. The summed E-state index contributed by atoms with van der Waals surface area (Å²) in [6, 6.07) is 5.71. The van der Waals surface area contributed by atoms with Crippen molar-refractivity contribution in [2.45, 2.75) is 32.2 Å². The SMILES string of the molecule is Cc1cccc(C(=O)NC2C3C4CCC(C4)C23)c1O. The van der Waals surface area contributed by atoms with Gasteiger partial charge in [-0.15, -0.1) is 0 Å². The van der Waals surface area contributed by atoms with E-state index in [1.807, 2.05) is 19.1 Å². The van der Waals surface area contributed by atoms with Crippen molar-refractivity contribution < 1.29 is 9.90 Å². The Bertz CT molecular complexity index is 538. The topological polar surface area (TPSA) is 49.3 Å². The number of hydrogen-bond acceptors (Lipinski definition) is 2. The maximum absolute atomic E-state index is 12.3. The van der Waals surface area contributed by atoms with Gasteiger partial charge in [-0.05, 0) is 61.5 Å². The Morgan fingerprint density at radius 1 is 1.26 bits per heavy atom. The summed E-state index contributed by atoms with van der Waals surface area (Å²) in [5.41, 5.74) is 1.17. The molecule has 0 saturated heterocycles. The molecule has 1 aromatic rings. The summed E-state index contributed by atoms with van der Waals surface area (Å²) in [6.45, 7) is 1.82. The van der Waals surface area contributed by atoms with Gasteiger partial charge >= 0.3 is 0 Å². The first-order valence-electron chi connectivity index (χ1n) is 7.26. The van der Waals surface area contributed by atoms with Crippen LogP contribution in [0.15, 0.2) is 18.2 Å². The molecule has 1 aromatic carbocycles. The maximum Gasteiger partial charge on any atom is 0.255 e. The molecule has 3 aliphatic carbocycles. The highest BCUT2D eigenvalue weighted by molar-refractivity contribution is 5.97. The van der Waals surface area contributed by atoms with Gasteiger partial charge in [0.05, 0.1) is 5.56 Å². The van der Waals surface area contributed by atoms with Crippen LogP contribution in [0.5, 0.6) is 5.75 Å². The van der Waals surface area contributed by atoms with Crippen LogP contribution in [0.1, 0.15) is 35.2 Å². The number of carbonyl (C=O) groups is 1. The molecule has 0 radical (unpaired) electrons. The number of nitrogens with one attached hydrogen (secondary N) is 1. The summed E-state index contributed by atoms with van der Waals surface area (Å²) >= 11 is 0. The zero-order valence-electron chi connectivity index (χ0n) is 11.1. The van der Waals surface area contributed by atoms with Crippen LogP contribution in [0, 0.1) is 30.6 Å². The van der Waals surface area contributed by atoms with Crippen LogP contribution in [-0.4, -0.2) is 17.1 Å². The van der Waals surface area contributed by atoms with Gasteiger partial charge in [0.25, 0.3) is 5.91 Å². The number of phenols is 1. The number of aromatic hydroxyl groups is 1. The minimum atomic E-state index is -0.111. The lowest BCUT2D eigenvalue weighted by molar-refractivity contribution is 0.0941. The van der Waals surface area contributed by atoms with E-state index in [1.54, 1.807) is 6.07 Å². The highest BCUT2D eigenvalue weighted by Crippen LogP contribution is 2.65. The predicted molar refractivity (Wildman–Crippen MR) is 71.9 cm³/mol. The summed E-state index contributed by atoms with van der Waals surface area (Å²) in [5.74, 6) is 3.18. The maximum atomic E-state index is 12.3. The van der Waals surface area contributed by atoms with Crippen molar-refractivity contribution in [3.8, 4) is 5.75 Å². The first-order valence-corrected chi connectivity index (χ1v) is 7.26. The van der Waals surface area contributed by atoms with Gasteiger partial charge in [0.2, 0.25) is 0 Å². The number of fused-ring (bicyclic) bond motifs is 5. The van der Waals surface area contributed by atoms with Crippen molar-refractivity contribution in [3.05, 3.63) is 29.3 Å². The van der Waals surface area contributed by atoms with Gasteiger partial charge in [0.15, 0.2) is 0 Å². The molecule has 3 aliphatic rings. The molecule has 4 unspecified atom stereocenters. The van der Waals surface area contributed by atoms with E-state index in [1.165, 1.54) is 19.3 Å². The first-order chi connectivity index (χ1) is 9.16. The van der Waals surface area contributed by atoms with E-state index in [0.717, 1.165) is 29.2 Å². The fourth-order valence-corrected chi connectivity index (χ4v) is 4.59. The second-order valence-electron chi connectivity index (χ2n) is 6.46. The molecule has 2 bridgehead atoms. The van der Waals surface area contributed by atoms with Crippen molar-refractivity contribution in [1.82, 2.24) is 5.32 Å². The Balaban J connectivity index is 1.50. The average Bonchev–Trinajstić information content (AvgIpc) is 2.81. The molecule has 3 fully saturated rings. The molecule has 3 heteroatoms. The highest BCUT2D eigenvalue weighted by Gasteiger charge is 2.65. The van der Waals surface area contributed by atoms with E-state index in [4.69, 9.17) is 0 Å². The van der Waals surface area contributed by atoms with Crippen molar-refractivity contribution in [3.63, 3.8) is 0 Å². The third kappa shape index (κ3) is 1.54. The number of para-hydroxylation sites is 1. The van der Waals surface area contributed by atoms with Crippen LogP contribution in [0.2, 0.25) is 0 Å². The Labute approximate surface area is 113 Å². The van der Waals surface area contributed by atoms with Crippen molar-refractivity contribution in [1.29, 1.82) is 0 Å². The van der Waals surface area contributed by atoms with Gasteiger partial charge in [0, 0.05) is 6.04 Å². The van der Waals surface area contributed by atoms with Crippen LogP contribution in [0.4, 0.5) is 0 Å². The molecule has 100 valence electrons. The second-order valence-corrected chi connectivity index (χ2v) is 6.46. The largest absolute Gasteiger partial charge is 0.507 e. The van der Waals surface area contributed by atoms with Crippen LogP contribution in [-0.2, 0) is 0 Å². The molecular weight excluding hydrogens is 238 g/mol. The number of phenolic OH excluding ortho intramolecular Hbond substituents is 1. The zero-order chi connectivity index (χ0) is 13.1. The van der Waals surface area contributed by atoms with E-state index in [2.05, 4.69) is 5.32 Å². The normalized spacial score (nSPS) is 38.1. The number of rotatable bonds is 2.